The van der Waals surface area contributed by atoms with Crippen molar-refractivity contribution in [2.45, 2.75) is 6.61 Å². The molecule has 4 aromatic rings. The second-order valence-corrected chi connectivity index (χ2v) is 6.51. The number of carbonyl (C=O) groups is 2. The number of nitrogens with one attached hydrogen (secondary N) is 1. The van der Waals surface area contributed by atoms with Gasteiger partial charge in [0.15, 0.2) is 5.76 Å². The minimum Gasteiger partial charge on any atom is -0.486 e. The molecule has 2 aromatic carbocycles. The van der Waals surface area contributed by atoms with Crippen molar-refractivity contribution in [1.29, 1.82) is 0 Å². The van der Waals surface area contributed by atoms with Crippen molar-refractivity contribution < 1.29 is 23.5 Å². The number of amides is 1. The van der Waals surface area contributed by atoms with Gasteiger partial charge in [-0.3, -0.25) is 10.1 Å². The number of rotatable bonds is 6. The molecule has 0 bridgehead atoms. The monoisotopic (exact) mass is 405 g/mol. The molecule has 4 rings (SSSR count). The number of benzene rings is 2. The molecule has 0 aliphatic carbocycles. The molecule has 0 aliphatic rings. The molecular weight excluding hydrogens is 386 g/mol. The molecule has 2 aromatic heterocycles. The fraction of sp³-hybridized carbons (Fsp3) is 0.136. The predicted octanol–water partition coefficient (Wildman–Crippen LogP) is 3.78. The van der Waals surface area contributed by atoms with E-state index in [1.54, 1.807) is 41.0 Å². The van der Waals surface area contributed by atoms with Gasteiger partial charge in [-0.25, -0.2) is 9.78 Å². The van der Waals surface area contributed by atoms with Gasteiger partial charge >= 0.3 is 5.97 Å². The number of hydrogen-bond acceptors (Lipinski definition) is 6. The Balaban J connectivity index is 1.39. The van der Waals surface area contributed by atoms with Gasteiger partial charge in [-0.05, 0) is 48.5 Å². The van der Waals surface area contributed by atoms with Crippen LogP contribution in [0.15, 0.2) is 65.1 Å². The normalized spacial score (nSPS) is 10.7. The van der Waals surface area contributed by atoms with Crippen molar-refractivity contribution in [2.75, 3.05) is 12.4 Å². The smallest absolute Gasteiger partial charge is 0.337 e. The van der Waals surface area contributed by atoms with E-state index < -0.39 is 11.9 Å². The third kappa shape index (κ3) is 3.88. The van der Waals surface area contributed by atoms with Gasteiger partial charge in [0.25, 0.3) is 5.91 Å². The number of esters is 1. The minimum atomic E-state index is -0.413. The lowest BCUT2D eigenvalue weighted by molar-refractivity contribution is 0.0600. The summed E-state index contributed by atoms with van der Waals surface area (Å²) in [6.45, 7) is 0.136. The predicted molar refractivity (Wildman–Crippen MR) is 109 cm³/mol. The van der Waals surface area contributed by atoms with E-state index in [4.69, 9.17) is 9.15 Å². The Labute approximate surface area is 172 Å². The number of carbonyl (C=O) groups excluding carboxylic acids is 2. The SMILES string of the molecule is COC(=O)c1ccc(OCc2ccc(C(=O)Nc3nc4ccccc4n3C)o2)cc1. The lowest BCUT2D eigenvalue weighted by Crippen LogP contribution is -2.14. The highest BCUT2D eigenvalue weighted by Gasteiger charge is 2.15. The van der Waals surface area contributed by atoms with Gasteiger partial charge in [-0.2, -0.15) is 0 Å². The first-order valence-corrected chi connectivity index (χ1v) is 9.18. The van der Waals surface area contributed by atoms with Crippen LogP contribution in [0.1, 0.15) is 26.7 Å². The van der Waals surface area contributed by atoms with Crippen LogP contribution < -0.4 is 10.1 Å². The van der Waals surface area contributed by atoms with Crippen LogP contribution in [0.25, 0.3) is 11.0 Å². The maximum atomic E-state index is 12.5. The van der Waals surface area contributed by atoms with Gasteiger partial charge in [0, 0.05) is 7.05 Å². The fourth-order valence-electron chi connectivity index (χ4n) is 2.96. The number of ether oxygens (including phenoxy) is 2. The van der Waals surface area contributed by atoms with Crippen LogP contribution in [-0.4, -0.2) is 28.5 Å². The molecule has 152 valence electrons. The van der Waals surface area contributed by atoms with Gasteiger partial charge in [-0.15, -0.1) is 0 Å². The molecule has 1 N–H and O–H groups in total. The molecule has 1 amide bonds. The molecule has 0 atom stereocenters. The molecule has 2 heterocycles. The number of para-hydroxylation sites is 2. The van der Waals surface area contributed by atoms with Crippen LogP contribution in [0.2, 0.25) is 0 Å². The van der Waals surface area contributed by atoms with Crippen molar-refractivity contribution in [3.8, 4) is 5.75 Å². The number of aromatic nitrogens is 2. The Hall–Kier alpha value is -4.07. The van der Waals surface area contributed by atoms with Crippen molar-refractivity contribution >= 4 is 28.9 Å². The summed E-state index contributed by atoms with van der Waals surface area (Å²) in [6, 6.07) is 17.4. The summed E-state index contributed by atoms with van der Waals surface area (Å²) < 4.78 is 17.7. The van der Waals surface area contributed by atoms with Crippen LogP contribution in [0.5, 0.6) is 5.75 Å². The Morgan fingerprint density at radius 2 is 1.83 bits per heavy atom. The van der Waals surface area contributed by atoms with E-state index in [-0.39, 0.29) is 12.4 Å². The van der Waals surface area contributed by atoms with E-state index in [0.717, 1.165) is 11.0 Å². The topological polar surface area (TPSA) is 95.6 Å². The fourth-order valence-corrected chi connectivity index (χ4v) is 2.96. The average Bonchev–Trinajstić information content (AvgIpc) is 3.37. The highest BCUT2D eigenvalue weighted by molar-refractivity contribution is 6.02. The maximum Gasteiger partial charge on any atom is 0.337 e. The number of hydrogen-bond donors (Lipinski definition) is 1. The third-order valence-electron chi connectivity index (χ3n) is 4.55. The molecule has 0 aliphatic heterocycles. The van der Waals surface area contributed by atoms with Crippen LogP contribution in [-0.2, 0) is 18.4 Å². The Bertz CT molecular complexity index is 1210. The summed E-state index contributed by atoms with van der Waals surface area (Å²) in [7, 11) is 3.16. The number of fused-ring (bicyclic) bond motifs is 1. The zero-order valence-corrected chi connectivity index (χ0v) is 16.4. The zero-order valence-electron chi connectivity index (χ0n) is 16.4. The molecule has 0 spiro atoms. The van der Waals surface area contributed by atoms with E-state index in [0.29, 0.717) is 23.0 Å². The number of furan rings is 1. The van der Waals surface area contributed by atoms with Gasteiger partial charge in [0.2, 0.25) is 5.95 Å². The van der Waals surface area contributed by atoms with Crippen molar-refractivity contribution in [1.82, 2.24) is 9.55 Å². The van der Waals surface area contributed by atoms with Crippen LogP contribution in [0.3, 0.4) is 0 Å². The first-order valence-electron chi connectivity index (χ1n) is 9.18. The van der Waals surface area contributed by atoms with E-state index in [1.807, 2.05) is 31.3 Å². The van der Waals surface area contributed by atoms with Crippen molar-refractivity contribution in [3.05, 3.63) is 77.7 Å². The van der Waals surface area contributed by atoms with Gasteiger partial charge < -0.3 is 18.5 Å². The molecule has 0 fully saturated rings. The molecule has 0 saturated carbocycles. The number of nitrogens with zero attached hydrogens (tertiary/aromatic N) is 2. The minimum absolute atomic E-state index is 0.136. The quantitative estimate of drug-likeness (QED) is 0.491. The van der Waals surface area contributed by atoms with Gasteiger partial charge in [0.05, 0.1) is 23.7 Å². The van der Waals surface area contributed by atoms with Crippen LogP contribution in [0.4, 0.5) is 5.95 Å². The second-order valence-electron chi connectivity index (χ2n) is 6.51. The van der Waals surface area contributed by atoms with E-state index in [2.05, 4.69) is 15.0 Å². The summed E-state index contributed by atoms with van der Waals surface area (Å²) in [5, 5.41) is 2.76. The van der Waals surface area contributed by atoms with Gasteiger partial charge in [-0.1, -0.05) is 12.1 Å². The molecule has 0 unspecified atom stereocenters. The number of methoxy groups -OCH3 is 1. The molecule has 0 saturated heterocycles. The molecule has 30 heavy (non-hydrogen) atoms. The van der Waals surface area contributed by atoms with Gasteiger partial charge in [0.1, 0.15) is 18.1 Å². The summed E-state index contributed by atoms with van der Waals surface area (Å²) in [4.78, 5) is 28.4. The van der Waals surface area contributed by atoms with Crippen LogP contribution in [0, 0.1) is 0 Å². The lowest BCUT2D eigenvalue weighted by atomic mass is 10.2. The summed E-state index contributed by atoms with van der Waals surface area (Å²) in [5.74, 6) is 0.820. The maximum absolute atomic E-state index is 12.5. The highest BCUT2D eigenvalue weighted by Crippen LogP contribution is 2.19. The van der Waals surface area contributed by atoms with Crippen LogP contribution >= 0.6 is 0 Å². The first kappa shape index (κ1) is 19.3. The highest BCUT2D eigenvalue weighted by atomic mass is 16.5. The molecular formula is C22H19N3O5. The Morgan fingerprint density at radius 3 is 2.57 bits per heavy atom. The molecule has 0 radical (unpaired) electrons. The summed E-state index contributed by atoms with van der Waals surface area (Å²) in [5.41, 5.74) is 2.14. The zero-order chi connectivity index (χ0) is 21.1. The first-order chi connectivity index (χ1) is 14.5. The Kier molecular flexibility index (Phi) is 5.21. The summed E-state index contributed by atoms with van der Waals surface area (Å²) in [6.07, 6.45) is 0. The standard InChI is InChI=1S/C22H19N3O5/c1-25-18-6-4-3-5-17(18)23-22(25)24-20(26)19-12-11-16(30-19)13-29-15-9-7-14(8-10-15)21(27)28-2/h3-12H,13H2,1-2H3,(H,23,24,26). The molecule has 8 nitrogen and oxygen atoms in total. The number of aryl methyl sites for hydroxylation is 1. The number of imidazole rings is 1. The largest absolute Gasteiger partial charge is 0.486 e. The Morgan fingerprint density at radius 1 is 1.07 bits per heavy atom. The van der Waals surface area contributed by atoms with Crippen molar-refractivity contribution in [3.63, 3.8) is 0 Å². The lowest BCUT2D eigenvalue weighted by Gasteiger charge is -2.05. The average molecular weight is 405 g/mol. The van der Waals surface area contributed by atoms with E-state index in [9.17, 15) is 9.59 Å². The van der Waals surface area contributed by atoms with E-state index >= 15 is 0 Å². The van der Waals surface area contributed by atoms with Crippen molar-refractivity contribution in [2.24, 2.45) is 7.05 Å². The molecule has 8 heteroatoms. The third-order valence-corrected chi connectivity index (χ3v) is 4.55. The number of anilines is 1. The summed E-state index contributed by atoms with van der Waals surface area (Å²) >= 11 is 0. The second kappa shape index (κ2) is 8.12. The van der Waals surface area contributed by atoms with E-state index in [1.165, 1.54) is 7.11 Å².